The molecule has 0 spiro atoms. The quantitative estimate of drug-likeness (QED) is 0.404. The van der Waals surface area contributed by atoms with Gasteiger partial charge in [0.05, 0.1) is 6.16 Å². The minimum Gasteiger partial charge on any atom is -0.507 e. The number of phenolic OH excluding ortho intramolecular Hbond substituents is 1. The van der Waals surface area contributed by atoms with E-state index in [9.17, 15) is 9.67 Å². The molecule has 0 atom stereocenters. The van der Waals surface area contributed by atoms with Crippen LogP contribution in [0.2, 0.25) is 0 Å². The lowest BCUT2D eigenvalue weighted by atomic mass is 9.78. The van der Waals surface area contributed by atoms with Gasteiger partial charge in [-0.3, -0.25) is 0 Å². The normalized spacial score (nSPS) is 15.1. The van der Waals surface area contributed by atoms with E-state index in [1.807, 2.05) is 60.7 Å². The van der Waals surface area contributed by atoms with Crippen LogP contribution in [0.1, 0.15) is 58.2 Å². The Morgan fingerprint density at radius 2 is 1.16 bits per heavy atom. The fraction of sp³-hybridized carbons (Fsp3) is 0.333. The third kappa shape index (κ3) is 4.29. The molecule has 4 nitrogen and oxygen atoms in total. The van der Waals surface area contributed by atoms with Crippen LogP contribution in [0.15, 0.2) is 60.7 Å². The standard InChI is InChI=1S/C27H31O4P/c1-26(2,3)21-15-18(16-22(25(21)28)27(4,5)6)17-32(29)30-23-13-9-7-11-19(23)20-12-8-10-14-24(20)31-32/h7-16,28H,17H2,1-6H3. The van der Waals surface area contributed by atoms with E-state index in [2.05, 4.69) is 41.5 Å². The molecule has 4 rings (SSSR count). The summed E-state index contributed by atoms with van der Waals surface area (Å²) in [5.74, 6) is 1.39. The molecular weight excluding hydrogens is 419 g/mol. The summed E-state index contributed by atoms with van der Waals surface area (Å²) in [6, 6.07) is 19.0. The molecule has 3 aromatic carbocycles. The molecule has 1 heterocycles. The summed E-state index contributed by atoms with van der Waals surface area (Å²) in [5.41, 5.74) is 3.62. The fourth-order valence-corrected chi connectivity index (χ4v) is 5.79. The zero-order valence-corrected chi connectivity index (χ0v) is 20.5. The Balaban J connectivity index is 1.83. The van der Waals surface area contributed by atoms with Gasteiger partial charge < -0.3 is 14.2 Å². The first-order valence-electron chi connectivity index (χ1n) is 10.9. The lowest BCUT2D eigenvalue weighted by molar-refractivity contribution is 0.389. The van der Waals surface area contributed by atoms with Gasteiger partial charge in [-0.2, -0.15) is 0 Å². The van der Waals surface area contributed by atoms with Gasteiger partial charge in [-0.15, -0.1) is 0 Å². The number of phenols is 1. The minimum absolute atomic E-state index is 0.0993. The number of para-hydroxylation sites is 2. The highest BCUT2D eigenvalue weighted by Gasteiger charge is 2.35. The number of aromatic hydroxyl groups is 1. The molecule has 1 N–H and O–H groups in total. The Morgan fingerprint density at radius 3 is 1.56 bits per heavy atom. The summed E-state index contributed by atoms with van der Waals surface area (Å²) in [5, 5.41) is 11.0. The molecular formula is C27H31O4P. The Kier molecular flexibility index (Phi) is 5.41. The molecule has 5 heteroatoms. The van der Waals surface area contributed by atoms with Gasteiger partial charge in [0.25, 0.3) is 0 Å². The third-order valence-corrected chi connectivity index (χ3v) is 7.40. The van der Waals surface area contributed by atoms with E-state index in [0.29, 0.717) is 17.2 Å². The second-order valence-electron chi connectivity index (χ2n) is 10.5. The van der Waals surface area contributed by atoms with Crippen molar-refractivity contribution in [3.63, 3.8) is 0 Å². The van der Waals surface area contributed by atoms with Crippen LogP contribution < -0.4 is 9.05 Å². The molecule has 32 heavy (non-hydrogen) atoms. The zero-order valence-electron chi connectivity index (χ0n) is 19.6. The molecule has 0 unspecified atom stereocenters. The Morgan fingerprint density at radius 1 is 0.750 bits per heavy atom. The van der Waals surface area contributed by atoms with Gasteiger partial charge in [0.15, 0.2) is 0 Å². The van der Waals surface area contributed by atoms with Crippen molar-refractivity contribution in [3.8, 4) is 28.4 Å². The summed E-state index contributed by atoms with van der Waals surface area (Å²) >= 11 is 0. The lowest BCUT2D eigenvalue weighted by Crippen LogP contribution is -2.18. The number of rotatable bonds is 2. The Hall–Kier alpha value is -2.71. The molecule has 0 aromatic heterocycles. The van der Waals surface area contributed by atoms with Crippen LogP contribution in [-0.2, 0) is 21.6 Å². The second-order valence-corrected chi connectivity index (χ2v) is 12.4. The van der Waals surface area contributed by atoms with Gasteiger partial charge in [-0.05, 0) is 39.7 Å². The first-order chi connectivity index (χ1) is 14.9. The van der Waals surface area contributed by atoms with Crippen molar-refractivity contribution < 1.29 is 18.7 Å². The monoisotopic (exact) mass is 450 g/mol. The van der Waals surface area contributed by atoms with Gasteiger partial charge in [-0.1, -0.05) is 90.1 Å². The summed E-state index contributed by atoms with van der Waals surface area (Å²) < 4.78 is 26.2. The number of benzene rings is 3. The second kappa shape index (κ2) is 7.71. The van der Waals surface area contributed by atoms with Crippen LogP contribution in [0.4, 0.5) is 0 Å². The van der Waals surface area contributed by atoms with Crippen molar-refractivity contribution in [3.05, 3.63) is 77.4 Å². The van der Waals surface area contributed by atoms with Crippen LogP contribution in [0.3, 0.4) is 0 Å². The molecule has 0 aliphatic carbocycles. The van der Waals surface area contributed by atoms with Crippen LogP contribution in [0.25, 0.3) is 11.1 Å². The molecule has 168 valence electrons. The third-order valence-electron chi connectivity index (χ3n) is 5.70. The van der Waals surface area contributed by atoms with Crippen LogP contribution >= 0.6 is 7.60 Å². The zero-order chi connectivity index (χ0) is 23.3. The SMILES string of the molecule is CC(C)(C)c1cc(CP2(=O)Oc3ccccc3-c3ccccc3O2)cc(C(C)(C)C)c1O. The molecule has 0 saturated heterocycles. The first kappa shape index (κ1) is 22.5. The minimum atomic E-state index is -3.58. The van der Waals surface area contributed by atoms with Gasteiger partial charge >= 0.3 is 7.60 Å². The van der Waals surface area contributed by atoms with Crippen LogP contribution in [0, 0.1) is 0 Å². The molecule has 0 bridgehead atoms. The van der Waals surface area contributed by atoms with Gasteiger partial charge in [0.1, 0.15) is 17.2 Å². The van der Waals surface area contributed by atoms with E-state index in [1.54, 1.807) is 0 Å². The van der Waals surface area contributed by atoms with Crippen molar-refractivity contribution in [2.45, 2.75) is 58.5 Å². The molecule has 1 aliphatic rings. The number of hydrogen-bond donors (Lipinski definition) is 1. The molecule has 3 aromatic rings. The van der Waals surface area contributed by atoms with Crippen molar-refractivity contribution in [2.24, 2.45) is 0 Å². The van der Waals surface area contributed by atoms with Crippen molar-refractivity contribution >= 4 is 7.60 Å². The average molecular weight is 451 g/mol. The molecule has 0 radical (unpaired) electrons. The predicted molar refractivity (Wildman–Crippen MR) is 130 cm³/mol. The summed E-state index contributed by atoms with van der Waals surface area (Å²) in [7, 11) is -3.58. The van der Waals surface area contributed by atoms with Crippen LogP contribution in [-0.4, -0.2) is 5.11 Å². The largest absolute Gasteiger partial charge is 0.507 e. The number of hydrogen-bond acceptors (Lipinski definition) is 4. The highest BCUT2D eigenvalue weighted by Crippen LogP contribution is 2.58. The highest BCUT2D eigenvalue weighted by molar-refractivity contribution is 7.53. The average Bonchev–Trinajstić information content (AvgIpc) is 2.80. The van der Waals surface area contributed by atoms with Crippen molar-refractivity contribution in [1.29, 1.82) is 0 Å². The maximum atomic E-state index is 14.0. The summed E-state index contributed by atoms with van der Waals surface area (Å²) in [4.78, 5) is 0. The fourth-order valence-electron chi connectivity index (χ4n) is 4.07. The smallest absolute Gasteiger partial charge is 0.435 e. The molecule has 0 fully saturated rings. The molecule has 0 saturated carbocycles. The van der Waals surface area contributed by atoms with E-state index in [0.717, 1.165) is 27.8 Å². The lowest BCUT2D eigenvalue weighted by Gasteiger charge is -2.28. The first-order valence-corrected chi connectivity index (χ1v) is 12.6. The summed E-state index contributed by atoms with van der Waals surface area (Å²) in [6.45, 7) is 12.4. The van der Waals surface area contributed by atoms with E-state index in [1.165, 1.54) is 0 Å². The predicted octanol–water partition coefficient (Wildman–Crippen LogP) is 7.82. The van der Waals surface area contributed by atoms with Gasteiger partial charge in [0, 0.05) is 11.1 Å². The van der Waals surface area contributed by atoms with E-state index < -0.39 is 7.60 Å². The van der Waals surface area contributed by atoms with Crippen LogP contribution in [0.5, 0.6) is 17.2 Å². The maximum absolute atomic E-state index is 14.0. The van der Waals surface area contributed by atoms with E-state index in [-0.39, 0.29) is 17.0 Å². The van der Waals surface area contributed by atoms with E-state index in [4.69, 9.17) is 9.05 Å². The Bertz CT molecular complexity index is 1130. The van der Waals surface area contributed by atoms with Gasteiger partial charge in [0.2, 0.25) is 0 Å². The topological polar surface area (TPSA) is 55.8 Å². The summed E-state index contributed by atoms with van der Waals surface area (Å²) in [6.07, 6.45) is 0.0993. The maximum Gasteiger partial charge on any atom is 0.435 e. The van der Waals surface area contributed by atoms with E-state index >= 15 is 0 Å². The molecule has 1 aliphatic heterocycles. The highest BCUT2D eigenvalue weighted by atomic mass is 31.2. The van der Waals surface area contributed by atoms with Crippen molar-refractivity contribution in [2.75, 3.05) is 0 Å². The van der Waals surface area contributed by atoms with Crippen molar-refractivity contribution in [1.82, 2.24) is 0 Å². The Labute approximate surface area is 190 Å². The number of fused-ring (bicyclic) bond motifs is 3. The van der Waals surface area contributed by atoms with Gasteiger partial charge in [-0.25, -0.2) is 4.57 Å². The molecule has 0 amide bonds.